The van der Waals surface area contributed by atoms with Crippen LogP contribution in [0.25, 0.3) is 5.69 Å². The van der Waals surface area contributed by atoms with Crippen LogP contribution in [0.5, 0.6) is 0 Å². The van der Waals surface area contributed by atoms with E-state index < -0.39 is 0 Å². The van der Waals surface area contributed by atoms with Gasteiger partial charge in [0, 0.05) is 30.9 Å². The van der Waals surface area contributed by atoms with Gasteiger partial charge in [0.2, 0.25) is 5.91 Å². The van der Waals surface area contributed by atoms with Crippen LogP contribution >= 0.6 is 22.9 Å². The van der Waals surface area contributed by atoms with E-state index in [2.05, 4.69) is 20.7 Å². The number of halogens is 1. The highest BCUT2D eigenvalue weighted by atomic mass is 35.5. The molecule has 0 atom stereocenters. The Kier molecular flexibility index (Phi) is 5.27. The highest BCUT2D eigenvalue weighted by molar-refractivity contribution is 7.14. The molecule has 1 aromatic carbocycles. The number of carbonyl (C=O) groups excluding carboxylic acids is 2. The van der Waals surface area contributed by atoms with Gasteiger partial charge in [0.25, 0.3) is 0 Å². The summed E-state index contributed by atoms with van der Waals surface area (Å²) in [7, 11) is 0. The van der Waals surface area contributed by atoms with E-state index in [1.807, 2.05) is 0 Å². The Labute approximate surface area is 170 Å². The van der Waals surface area contributed by atoms with E-state index >= 15 is 0 Å². The summed E-state index contributed by atoms with van der Waals surface area (Å²) in [4.78, 5) is 30.5. The van der Waals surface area contributed by atoms with Crippen molar-refractivity contribution in [3.8, 4) is 5.69 Å². The lowest BCUT2D eigenvalue weighted by molar-refractivity contribution is -0.115. The van der Waals surface area contributed by atoms with Crippen molar-refractivity contribution in [3.63, 3.8) is 0 Å². The van der Waals surface area contributed by atoms with Crippen LogP contribution in [-0.2, 0) is 11.2 Å². The smallest absolute Gasteiger partial charge is 0.323 e. The molecule has 28 heavy (non-hydrogen) atoms. The zero-order valence-corrected chi connectivity index (χ0v) is 16.3. The maximum Gasteiger partial charge on any atom is 0.323 e. The second kappa shape index (κ2) is 7.99. The number of thiazole rings is 1. The van der Waals surface area contributed by atoms with Crippen molar-refractivity contribution in [1.82, 2.24) is 20.1 Å². The number of aromatic nitrogens is 3. The van der Waals surface area contributed by atoms with Crippen molar-refractivity contribution in [2.24, 2.45) is 0 Å². The quantitative estimate of drug-likeness (QED) is 0.668. The van der Waals surface area contributed by atoms with E-state index in [-0.39, 0.29) is 18.4 Å². The van der Waals surface area contributed by atoms with Crippen molar-refractivity contribution in [2.75, 3.05) is 23.3 Å². The standard InChI is InChI=1S/C18H17ClN6O2S/c19-13-4-1-5-14(16(13)25-9-3-7-21-25)23-15(26)10-12-11-28-18(22-12)24-8-2-6-20-17(24)27/h1,3-5,7,9,11H,2,6,8,10H2,(H,20,27)(H,23,26). The molecule has 3 amide bonds. The van der Waals surface area contributed by atoms with Crippen molar-refractivity contribution in [1.29, 1.82) is 0 Å². The molecule has 4 rings (SSSR count). The fraction of sp³-hybridized carbons (Fsp3) is 0.222. The Morgan fingerprint density at radius 1 is 1.36 bits per heavy atom. The van der Waals surface area contributed by atoms with Crippen LogP contribution in [0, 0.1) is 0 Å². The number of benzene rings is 1. The molecule has 1 aliphatic rings. The number of carbonyl (C=O) groups is 2. The van der Waals surface area contributed by atoms with E-state index in [1.165, 1.54) is 11.3 Å². The number of para-hydroxylation sites is 1. The molecule has 3 aromatic rings. The van der Waals surface area contributed by atoms with Gasteiger partial charge in [0.1, 0.15) is 5.69 Å². The van der Waals surface area contributed by atoms with Crippen LogP contribution in [0.3, 0.4) is 0 Å². The van der Waals surface area contributed by atoms with Crippen LogP contribution in [0.1, 0.15) is 12.1 Å². The summed E-state index contributed by atoms with van der Waals surface area (Å²) in [5.41, 5.74) is 1.78. The second-order valence-corrected chi connectivity index (χ2v) is 7.41. The predicted octanol–water partition coefficient (Wildman–Crippen LogP) is 3.08. The fourth-order valence-corrected chi connectivity index (χ4v) is 4.03. The average molecular weight is 417 g/mol. The summed E-state index contributed by atoms with van der Waals surface area (Å²) >= 11 is 7.65. The number of hydrogen-bond acceptors (Lipinski definition) is 5. The van der Waals surface area contributed by atoms with Gasteiger partial charge < -0.3 is 10.6 Å². The summed E-state index contributed by atoms with van der Waals surface area (Å²) in [5, 5.41) is 12.7. The molecular weight excluding hydrogens is 400 g/mol. The fourth-order valence-electron chi connectivity index (χ4n) is 2.92. The van der Waals surface area contributed by atoms with Crippen molar-refractivity contribution in [3.05, 3.63) is 52.8 Å². The summed E-state index contributed by atoms with van der Waals surface area (Å²) in [6, 6.07) is 6.90. The van der Waals surface area contributed by atoms with Gasteiger partial charge in [-0.1, -0.05) is 17.7 Å². The van der Waals surface area contributed by atoms with E-state index in [1.54, 1.807) is 51.6 Å². The number of nitrogens with one attached hydrogen (secondary N) is 2. The van der Waals surface area contributed by atoms with Crippen molar-refractivity contribution >= 4 is 45.7 Å². The summed E-state index contributed by atoms with van der Waals surface area (Å²) < 4.78 is 1.61. The Morgan fingerprint density at radius 3 is 3.04 bits per heavy atom. The zero-order valence-electron chi connectivity index (χ0n) is 14.8. The molecule has 2 aromatic heterocycles. The minimum atomic E-state index is -0.226. The normalized spacial score (nSPS) is 14.0. The maximum absolute atomic E-state index is 12.6. The summed E-state index contributed by atoms with van der Waals surface area (Å²) in [6.07, 6.45) is 4.36. The van der Waals surface area contributed by atoms with Crippen LogP contribution < -0.4 is 15.5 Å². The average Bonchev–Trinajstić information content (AvgIpc) is 3.34. The first-order valence-electron chi connectivity index (χ1n) is 8.70. The largest absolute Gasteiger partial charge is 0.338 e. The topological polar surface area (TPSA) is 92.1 Å². The molecular formula is C18H17ClN6O2S. The molecule has 1 aliphatic heterocycles. The Balaban J connectivity index is 1.47. The molecule has 1 fully saturated rings. The van der Waals surface area contributed by atoms with Crippen LogP contribution in [0.15, 0.2) is 42.0 Å². The molecule has 8 nitrogen and oxygen atoms in total. The highest BCUT2D eigenvalue weighted by Gasteiger charge is 2.22. The number of nitrogens with zero attached hydrogens (tertiary/aromatic N) is 4. The molecule has 0 saturated carbocycles. The first kappa shape index (κ1) is 18.5. The second-order valence-electron chi connectivity index (χ2n) is 6.17. The lowest BCUT2D eigenvalue weighted by atomic mass is 10.2. The van der Waals surface area contributed by atoms with Crippen molar-refractivity contribution < 1.29 is 9.59 Å². The Bertz CT molecular complexity index is 1000. The minimum absolute atomic E-state index is 0.0943. The third kappa shape index (κ3) is 3.85. The van der Waals surface area contributed by atoms with Gasteiger partial charge in [-0.3, -0.25) is 9.69 Å². The third-order valence-corrected chi connectivity index (χ3v) is 5.40. The first-order chi connectivity index (χ1) is 13.6. The predicted molar refractivity (Wildman–Crippen MR) is 108 cm³/mol. The van der Waals surface area contributed by atoms with Gasteiger partial charge in [0.15, 0.2) is 5.13 Å². The lowest BCUT2D eigenvalue weighted by Crippen LogP contribution is -2.46. The van der Waals surface area contributed by atoms with Gasteiger partial charge in [-0.25, -0.2) is 14.5 Å². The number of hydrogen-bond donors (Lipinski definition) is 2. The third-order valence-electron chi connectivity index (χ3n) is 4.19. The van der Waals surface area contributed by atoms with Crippen molar-refractivity contribution in [2.45, 2.75) is 12.8 Å². The number of anilines is 2. The molecule has 10 heteroatoms. The van der Waals surface area contributed by atoms with E-state index in [4.69, 9.17) is 11.6 Å². The summed E-state index contributed by atoms with van der Waals surface area (Å²) in [6.45, 7) is 1.30. The van der Waals surface area contributed by atoms with Gasteiger partial charge in [-0.15, -0.1) is 11.3 Å². The van der Waals surface area contributed by atoms with Gasteiger partial charge in [-0.05, 0) is 24.6 Å². The van der Waals surface area contributed by atoms with Gasteiger partial charge in [-0.2, -0.15) is 5.10 Å². The monoisotopic (exact) mass is 416 g/mol. The highest BCUT2D eigenvalue weighted by Crippen LogP contribution is 2.28. The van der Waals surface area contributed by atoms with E-state index in [9.17, 15) is 9.59 Å². The number of urea groups is 1. The van der Waals surface area contributed by atoms with E-state index in [0.29, 0.717) is 40.3 Å². The maximum atomic E-state index is 12.6. The molecule has 1 saturated heterocycles. The molecule has 0 aliphatic carbocycles. The molecule has 0 bridgehead atoms. The minimum Gasteiger partial charge on any atom is -0.338 e. The van der Waals surface area contributed by atoms with Gasteiger partial charge in [0.05, 0.1) is 22.8 Å². The first-order valence-corrected chi connectivity index (χ1v) is 9.96. The molecule has 3 heterocycles. The van der Waals surface area contributed by atoms with Gasteiger partial charge >= 0.3 is 6.03 Å². The lowest BCUT2D eigenvalue weighted by Gasteiger charge is -2.24. The van der Waals surface area contributed by atoms with Crippen LogP contribution in [-0.4, -0.2) is 39.8 Å². The zero-order chi connectivity index (χ0) is 19.5. The SMILES string of the molecule is O=C(Cc1csc(N2CCCNC2=O)n1)Nc1cccc(Cl)c1-n1cccn1. The molecule has 0 radical (unpaired) electrons. The Hall–Kier alpha value is -2.91. The van der Waals surface area contributed by atoms with E-state index in [0.717, 1.165) is 6.42 Å². The Morgan fingerprint density at radius 2 is 2.25 bits per heavy atom. The summed E-state index contributed by atoms with van der Waals surface area (Å²) in [5.74, 6) is -0.226. The molecule has 2 N–H and O–H groups in total. The van der Waals surface area contributed by atoms with Crippen LogP contribution in [0.2, 0.25) is 5.02 Å². The van der Waals surface area contributed by atoms with Crippen LogP contribution in [0.4, 0.5) is 15.6 Å². The number of rotatable bonds is 5. The molecule has 144 valence electrons. The molecule has 0 unspecified atom stereocenters. The molecule has 0 spiro atoms. The number of amides is 3.